The van der Waals surface area contributed by atoms with E-state index in [2.05, 4.69) is 10.3 Å². The fourth-order valence-electron chi connectivity index (χ4n) is 3.06. The second-order valence-corrected chi connectivity index (χ2v) is 6.18. The van der Waals surface area contributed by atoms with Crippen LogP contribution in [0.2, 0.25) is 0 Å². The van der Waals surface area contributed by atoms with Crippen LogP contribution in [0.4, 0.5) is 0 Å². The molecule has 0 spiro atoms. The SMILES string of the molecule is Cc1nc2ccccc2c(=O)n1CCCC(=O)NCC1CCCO1. The summed E-state index contributed by atoms with van der Waals surface area (Å²) in [5, 5.41) is 3.52. The zero-order chi connectivity index (χ0) is 16.9. The standard InChI is InChI=1S/C18H23N3O3/c1-13-20-16-8-3-2-7-15(16)18(23)21(13)10-4-9-17(22)19-12-14-6-5-11-24-14/h2-3,7-8,14H,4-6,9-12H2,1H3,(H,19,22). The van der Waals surface area contributed by atoms with Crippen LogP contribution in [0.5, 0.6) is 0 Å². The highest BCUT2D eigenvalue weighted by Crippen LogP contribution is 2.11. The predicted octanol–water partition coefficient (Wildman–Crippen LogP) is 1.78. The highest BCUT2D eigenvalue weighted by Gasteiger charge is 2.16. The molecule has 1 N–H and O–H groups in total. The second-order valence-electron chi connectivity index (χ2n) is 6.18. The van der Waals surface area contributed by atoms with Gasteiger partial charge in [0, 0.05) is 26.1 Å². The van der Waals surface area contributed by atoms with Gasteiger partial charge in [0.05, 0.1) is 17.0 Å². The van der Waals surface area contributed by atoms with Gasteiger partial charge in [-0.1, -0.05) is 12.1 Å². The fourth-order valence-corrected chi connectivity index (χ4v) is 3.06. The summed E-state index contributed by atoms with van der Waals surface area (Å²) in [5.74, 6) is 0.684. The Morgan fingerprint density at radius 3 is 3.04 bits per heavy atom. The first-order valence-corrected chi connectivity index (χ1v) is 8.49. The molecule has 1 amide bonds. The van der Waals surface area contributed by atoms with E-state index in [-0.39, 0.29) is 17.6 Å². The summed E-state index contributed by atoms with van der Waals surface area (Å²) in [6, 6.07) is 7.34. The minimum Gasteiger partial charge on any atom is -0.376 e. The average Bonchev–Trinajstić information content (AvgIpc) is 3.09. The van der Waals surface area contributed by atoms with Crippen LogP contribution >= 0.6 is 0 Å². The molecule has 6 nitrogen and oxygen atoms in total. The highest BCUT2D eigenvalue weighted by atomic mass is 16.5. The number of aryl methyl sites for hydroxylation is 1. The van der Waals surface area contributed by atoms with Crippen molar-refractivity contribution < 1.29 is 9.53 Å². The first kappa shape index (κ1) is 16.6. The van der Waals surface area contributed by atoms with E-state index in [1.807, 2.05) is 25.1 Å². The zero-order valence-electron chi connectivity index (χ0n) is 14.0. The van der Waals surface area contributed by atoms with Gasteiger partial charge in [0.2, 0.25) is 5.91 Å². The van der Waals surface area contributed by atoms with Crippen molar-refractivity contribution in [3.63, 3.8) is 0 Å². The van der Waals surface area contributed by atoms with Crippen LogP contribution in [0.1, 0.15) is 31.5 Å². The Kier molecular flexibility index (Phi) is 5.25. The maximum atomic E-state index is 12.5. The molecule has 128 valence electrons. The first-order chi connectivity index (χ1) is 11.6. The number of carbonyl (C=O) groups excluding carboxylic acids is 1. The number of hydrogen-bond acceptors (Lipinski definition) is 4. The van der Waals surface area contributed by atoms with Crippen LogP contribution in [0.15, 0.2) is 29.1 Å². The largest absolute Gasteiger partial charge is 0.376 e. The maximum absolute atomic E-state index is 12.5. The molecule has 1 aliphatic rings. The quantitative estimate of drug-likeness (QED) is 0.877. The van der Waals surface area contributed by atoms with Crippen molar-refractivity contribution in [3.8, 4) is 0 Å². The molecule has 1 atom stereocenters. The summed E-state index contributed by atoms with van der Waals surface area (Å²) in [6.45, 7) is 3.69. The molecule has 1 aromatic heterocycles. The third kappa shape index (κ3) is 3.82. The number of aromatic nitrogens is 2. The summed E-state index contributed by atoms with van der Waals surface area (Å²) < 4.78 is 7.13. The number of fused-ring (bicyclic) bond motifs is 1. The van der Waals surface area contributed by atoms with Gasteiger partial charge in [-0.15, -0.1) is 0 Å². The number of benzene rings is 1. The van der Waals surface area contributed by atoms with Gasteiger partial charge in [-0.05, 0) is 38.3 Å². The molecule has 0 bridgehead atoms. The Bertz CT molecular complexity index is 779. The molecule has 3 rings (SSSR count). The monoisotopic (exact) mass is 329 g/mol. The van der Waals surface area contributed by atoms with Crippen LogP contribution in [0.25, 0.3) is 10.9 Å². The molecule has 24 heavy (non-hydrogen) atoms. The normalized spacial score (nSPS) is 17.3. The van der Waals surface area contributed by atoms with Gasteiger partial charge in [0.15, 0.2) is 0 Å². The lowest BCUT2D eigenvalue weighted by atomic mass is 10.2. The van der Waals surface area contributed by atoms with Crippen LogP contribution in [-0.4, -0.2) is 34.7 Å². The number of rotatable bonds is 6. The van der Waals surface area contributed by atoms with Crippen molar-refractivity contribution in [2.24, 2.45) is 0 Å². The number of amides is 1. The molecule has 0 saturated carbocycles. The van der Waals surface area contributed by atoms with Gasteiger partial charge in [-0.25, -0.2) is 4.98 Å². The summed E-state index contributed by atoms with van der Waals surface area (Å²) in [6.07, 6.45) is 3.24. The number of hydrogen-bond donors (Lipinski definition) is 1. The zero-order valence-corrected chi connectivity index (χ0v) is 14.0. The maximum Gasteiger partial charge on any atom is 0.261 e. The predicted molar refractivity (Wildman–Crippen MR) is 92.0 cm³/mol. The average molecular weight is 329 g/mol. The van der Waals surface area contributed by atoms with Crippen LogP contribution in [-0.2, 0) is 16.1 Å². The number of para-hydroxylation sites is 1. The van der Waals surface area contributed by atoms with Crippen molar-refractivity contribution in [2.45, 2.75) is 45.3 Å². The molecule has 1 aliphatic heterocycles. The number of carbonyl (C=O) groups is 1. The molecule has 2 aromatic rings. The Morgan fingerprint density at radius 2 is 2.25 bits per heavy atom. The Hall–Kier alpha value is -2.21. The van der Waals surface area contributed by atoms with Crippen molar-refractivity contribution in [2.75, 3.05) is 13.2 Å². The van der Waals surface area contributed by atoms with Gasteiger partial charge in [0.25, 0.3) is 5.56 Å². The number of nitrogens with one attached hydrogen (secondary N) is 1. The van der Waals surface area contributed by atoms with E-state index in [1.54, 1.807) is 10.6 Å². The third-order valence-electron chi connectivity index (χ3n) is 4.39. The van der Waals surface area contributed by atoms with E-state index in [9.17, 15) is 9.59 Å². The first-order valence-electron chi connectivity index (χ1n) is 8.49. The lowest BCUT2D eigenvalue weighted by molar-refractivity contribution is -0.121. The van der Waals surface area contributed by atoms with Crippen molar-refractivity contribution in [3.05, 3.63) is 40.4 Å². The molecule has 0 aliphatic carbocycles. The molecule has 1 unspecified atom stereocenters. The van der Waals surface area contributed by atoms with Gasteiger partial charge in [-0.3, -0.25) is 14.2 Å². The smallest absolute Gasteiger partial charge is 0.261 e. The summed E-state index contributed by atoms with van der Waals surface area (Å²) in [5.41, 5.74) is 0.670. The number of nitrogens with zero attached hydrogens (tertiary/aromatic N) is 2. The van der Waals surface area contributed by atoms with E-state index in [4.69, 9.17) is 4.74 Å². The Morgan fingerprint density at radius 1 is 1.42 bits per heavy atom. The van der Waals surface area contributed by atoms with Crippen molar-refractivity contribution >= 4 is 16.8 Å². The van der Waals surface area contributed by atoms with Gasteiger partial charge >= 0.3 is 0 Å². The number of ether oxygens (including phenoxy) is 1. The lowest BCUT2D eigenvalue weighted by Crippen LogP contribution is -2.32. The molecule has 0 radical (unpaired) electrons. The molecular weight excluding hydrogens is 306 g/mol. The van der Waals surface area contributed by atoms with E-state index >= 15 is 0 Å². The van der Waals surface area contributed by atoms with Crippen LogP contribution < -0.4 is 10.9 Å². The summed E-state index contributed by atoms with van der Waals surface area (Å²) in [7, 11) is 0. The molecule has 1 aromatic carbocycles. The Labute approximate surface area is 140 Å². The van der Waals surface area contributed by atoms with Crippen molar-refractivity contribution in [1.29, 1.82) is 0 Å². The van der Waals surface area contributed by atoms with Crippen LogP contribution in [0.3, 0.4) is 0 Å². The van der Waals surface area contributed by atoms with E-state index in [1.165, 1.54) is 0 Å². The second kappa shape index (κ2) is 7.57. The fraction of sp³-hybridized carbons (Fsp3) is 0.500. The van der Waals surface area contributed by atoms with E-state index in [0.29, 0.717) is 42.7 Å². The molecule has 2 heterocycles. The third-order valence-corrected chi connectivity index (χ3v) is 4.39. The molecule has 1 saturated heterocycles. The van der Waals surface area contributed by atoms with Gasteiger partial charge in [0.1, 0.15) is 5.82 Å². The molecular formula is C18H23N3O3. The lowest BCUT2D eigenvalue weighted by Gasteiger charge is -2.12. The van der Waals surface area contributed by atoms with Gasteiger partial charge in [-0.2, -0.15) is 0 Å². The van der Waals surface area contributed by atoms with Crippen LogP contribution in [0, 0.1) is 6.92 Å². The van der Waals surface area contributed by atoms with Gasteiger partial charge < -0.3 is 10.1 Å². The molecule has 1 fully saturated rings. The summed E-state index contributed by atoms with van der Waals surface area (Å²) in [4.78, 5) is 28.9. The minimum atomic E-state index is -0.0436. The van der Waals surface area contributed by atoms with E-state index in [0.717, 1.165) is 19.4 Å². The van der Waals surface area contributed by atoms with E-state index < -0.39 is 0 Å². The topological polar surface area (TPSA) is 73.2 Å². The minimum absolute atomic E-state index is 0.00458. The highest BCUT2D eigenvalue weighted by molar-refractivity contribution is 5.77. The van der Waals surface area contributed by atoms with Crippen molar-refractivity contribution in [1.82, 2.24) is 14.9 Å². The Balaban J connectivity index is 1.55. The molecule has 6 heteroatoms. The summed E-state index contributed by atoms with van der Waals surface area (Å²) >= 11 is 0.